The van der Waals surface area contributed by atoms with E-state index in [1.807, 2.05) is 0 Å². The second kappa shape index (κ2) is 7.91. The molecule has 0 aromatic heterocycles. The van der Waals surface area contributed by atoms with Crippen LogP contribution < -0.4 is 9.47 Å². The second-order valence-electron chi connectivity index (χ2n) is 4.85. The summed E-state index contributed by atoms with van der Waals surface area (Å²) < 4.78 is 14.9. The molecule has 0 N–H and O–H groups in total. The Morgan fingerprint density at radius 2 is 1.64 bits per heavy atom. The van der Waals surface area contributed by atoms with Gasteiger partial charge in [-0.3, -0.25) is 14.9 Å². The third-order valence-electron chi connectivity index (χ3n) is 3.35. The quantitative estimate of drug-likeness (QED) is 0.329. The van der Waals surface area contributed by atoms with Crippen LogP contribution in [0.15, 0.2) is 42.5 Å². The molecule has 0 spiro atoms. The van der Waals surface area contributed by atoms with Gasteiger partial charge in [-0.25, -0.2) is 4.79 Å². The maximum atomic E-state index is 12.2. The van der Waals surface area contributed by atoms with E-state index in [4.69, 9.17) is 14.2 Å². The highest BCUT2D eigenvalue weighted by Crippen LogP contribution is 2.34. The Kier molecular flexibility index (Phi) is 5.67. The van der Waals surface area contributed by atoms with Crippen molar-refractivity contribution in [3.63, 3.8) is 0 Å². The average Bonchev–Trinajstić information content (AvgIpc) is 2.65. The van der Waals surface area contributed by atoms with Gasteiger partial charge in [-0.05, 0) is 0 Å². The van der Waals surface area contributed by atoms with Crippen molar-refractivity contribution >= 4 is 17.4 Å². The van der Waals surface area contributed by atoms with Crippen LogP contribution in [0.5, 0.6) is 11.5 Å². The van der Waals surface area contributed by atoms with Crippen molar-refractivity contribution in [1.29, 1.82) is 0 Å². The van der Waals surface area contributed by atoms with Gasteiger partial charge in [-0.15, -0.1) is 0 Å². The van der Waals surface area contributed by atoms with E-state index in [0.717, 1.165) is 12.1 Å². The van der Waals surface area contributed by atoms with E-state index in [-0.39, 0.29) is 17.1 Å². The fourth-order valence-electron chi connectivity index (χ4n) is 2.10. The van der Waals surface area contributed by atoms with Crippen LogP contribution in [0.1, 0.15) is 20.7 Å². The maximum absolute atomic E-state index is 12.2. The van der Waals surface area contributed by atoms with Crippen LogP contribution in [0.3, 0.4) is 0 Å². The third-order valence-corrected chi connectivity index (χ3v) is 3.35. The van der Waals surface area contributed by atoms with Crippen LogP contribution in [0.2, 0.25) is 0 Å². The van der Waals surface area contributed by atoms with Crippen molar-refractivity contribution in [2.24, 2.45) is 0 Å². The summed E-state index contributed by atoms with van der Waals surface area (Å²) in [4.78, 5) is 34.6. The van der Waals surface area contributed by atoms with E-state index in [1.165, 1.54) is 14.2 Å². The monoisotopic (exact) mass is 345 g/mol. The molecule has 2 aromatic rings. The Morgan fingerprint density at radius 1 is 1.04 bits per heavy atom. The summed E-state index contributed by atoms with van der Waals surface area (Å²) >= 11 is 0. The zero-order valence-electron chi connectivity index (χ0n) is 13.6. The molecule has 2 rings (SSSR count). The lowest BCUT2D eigenvalue weighted by molar-refractivity contribution is -0.385. The molecule has 0 aliphatic carbocycles. The molecule has 0 saturated heterocycles. The SMILES string of the molecule is COc1cc(C(=O)OCC(=O)c2ccccc2)c([N+](=O)[O-])cc1OC. The maximum Gasteiger partial charge on any atom is 0.345 e. The minimum atomic E-state index is -1.00. The first-order valence-corrected chi connectivity index (χ1v) is 7.13. The first-order chi connectivity index (χ1) is 12.0. The number of hydrogen-bond donors (Lipinski definition) is 0. The van der Waals surface area contributed by atoms with E-state index in [2.05, 4.69) is 0 Å². The number of carbonyl (C=O) groups is 2. The van der Waals surface area contributed by atoms with Gasteiger partial charge in [0.15, 0.2) is 23.9 Å². The second-order valence-corrected chi connectivity index (χ2v) is 4.85. The Balaban J connectivity index is 2.23. The fourth-order valence-corrected chi connectivity index (χ4v) is 2.10. The van der Waals surface area contributed by atoms with E-state index >= 15 is 0 Å². The van der Waals surface area contributed by atoms with E-state index < -0.39 is 29.0 Å². The number of carbonyl (C=O) groups excluding carboxylic acids is 2. The lowest BCUT2D eigenvalue weighted by Gasteiger charge is -2.10. The number of nitro benzene ring substituents is 1. The predicted molar refractivity (Wildman–Crippen MR) is 87.3 cm³/mol. The predicted octanol–water partition coefficient (Wildman–Crippen LogP) is 2.65. The van der Waals surface area contributed by atoms with Gasteiger partial charge in [0.05, 0.1) is 25.2 Å². The molecule has 2 aromatic carbocycles. The summed E-state index contributed by atoms with van der Waals surface area (Å²) in [5.74, 6) is -1.19. The number of benzene rings is 2. The first-order valence-electron chi connectivity index (χ1n) is 7.13. The van der Waals surface area contributed by atoms with E-state index in [0.29, 0.717) is 5.56 Å². The van der Waals surface area contributed by atoms with Gasteiger partial charge < -0.3 is 14.2 Å². The van der Waals surface area contributed by atoms with Gasteiger partial charge in [0.1, 0.15) is 5.56 Å². The van der Waals surface area contributed by atoms with Crippen molar-refractivity contribution in [2.45, 2.75) is 0 Å². The van der Waals surface area contributed by atoms with Crippen molar-refractivity contribution in [3.05, 3.63) is 63.7 Å². The molecule has 130 valence electrons. The Bertz CT molecular complexity index is 802. The van der Waals surface area contributed by atoms with Crippen LogP contribution in [0.4, 0.5) is 5.69 Å². The Morgan fingerprint density at radius 3 is 2.20 bits per heavy atom. The van der Waals surface area contributed by atoms with Gasteiger partial charge in [-0.2, -0.15) is 0 Å². The molecule has 0 aliphatic heterocycles. The third kappa shape index (κ3) is 4.11. The molecule has 0 saturated carbocycles. The summed E-state index contributed by atoms with van der Waals surface area (Å²) in [5.41, 5.74) is -0.463. The number of Topliss-reactive ketones (excluding diaryl/α,β-unsaturated/α-hetero) is 1. The summed E-state index contributed by atoms with van der Waals surface area (Å²) in [6.45, 7) is -0.533. The summed E-state index contributed by atoms with van der Waals surface area (Å²) in [6, 6.07) is 10.5. The number of nitrogens with zero attached hydrogens (tertiary/aromatic N) is 1. The van der Waals surface area contributed by atoms with Crippen LogP contribution >= 0.6 is 0 Å². The molecule has 0 radical (unpaired) electrons. The standard InChI is InChI=1S/C17H15NO7/c1-23-15-8-12(13(18(21)22)9-16(15)24-2)17(20)25-10-14(19)11-6-4-3-5-7-11/h3-9H,10H2,1-2H3. The zero-order chi connectivity index (χ0) is 18.4. The highest BCUT2D eigenvalue weighted by atomic mass is 16.6. The van der Waals surface area contributed by atoms with Crippen molar-refractivity contribution in [3.8, 4) is 11.5 Å². The minimum Gasteiger partial charge on any atom is -0.493 e. The summed E-state index contributed by atoms with van der Waals surface area (Å²) in [6.07, 6.45) is 0. The van der Waals surface area contributed by atoms with E-state index in [9.17, 15) is 19.7 Å². The molecule has 0 aliphatic rings. The number of esters is 1. The lowest BCUT2D eigenvalue weighted by Crippen LogP contribution is -2.15. The molecular formula is C17H15NO7. The average molecular weight is 345 g/mol. The van der Waals surface area contributed by atoms with Crippen LogP contribution in [-0.2, 0) is 4.74 Å². The smallest absolute Gasteiger partial charge is 0.345 e. The Labute approximate surface area is 143 Å². The molecule has 0 unspecified atom stereocenters. The van der Waals surface area contributed by atoms with Gasteiger partial charge in [-0.1, -0.05) is 30.3 Å². The highest BCUT2D eigenvalue weighted by Gasteiger charge is 2.26. The molecule has 0 fully saturated rings. The molecule has 8 nitrogen and oxygen atoms in total. The first kappa shape index (κ1) is 17.9. The molecule has 0 bridgehead atoms. The number of rotatable bonds is 7. The molecule has 0 heterocycles. The van der Waals surface area contributed by atoms with Gasteiger partial charge in [0.25, 0.3) is 5.69 Å². The van der Waals surface area contributed by atoms with Crippen molar-refractivity contribution in [2.75, 3.05) is 20.8 Å². The Hall–Kier alpha value is -3.42. The lowest BCUT2D eigenvalue weighted by atomic mass is 10.1. The number of hydrogen-bond acceptors (Lipinski definition) is 7. The van der Waals surface area contributed by atoms with Crippen LogP contribution in [0, 0.1) is 10.1 Å². The minimum absolute atomic E-state index is 0.103. The van der Waals surface area contributed by atoms with Crippen LogP contribution in [0.25, 0.3) is 0 Å². The molecule has 0 atom stereocenters. The summed E-state index contributed by atoms with van der Waals surface area (Å²) in [5, 5.41) is 11.2. The zero-order valence-corrected chi connectivity index (χ0v) is 13.6. The van der Waals surface area contributed by atoms with Crippen molar-refractivity contribution < 1.29 is 28.7 Å². The molecule has 8 heteroatoms. The van der Waals surface area contributed by atoms with Gasteiger partial charge >= 0.3 is 5.97 Å². The molecule has 0 amide bonds. The summed E-state index contributed by atoms with van der Waals surface area (Å²) in [7, 11) is 2.65. The van der Waals surface area contributed by atoms with Crippen LogP contribution in [-0.4, -0.2) is 37.5 Å². The normalized spacial score (nSPS) is 10.0. The number of methoxy groups -OCH3 is 2. The number of ketones is 1. The van der Waals surface area contributed by atoms with Gasteiger partial charge in [0.2, 0.25) is 0 Å². The molecular weight excluding hydrogens is 330 g/mol. The number of ether oxygens (including phenoxy) is 3. The van der Waals surface area contributed by atoms with Gasteiger partial charge in [0, 0.05) is 11.6 Å². The largest absolute Gasteiger partial charge is 0.493 e. The molecule has 25 heavy (non-hydrogen) atoms. The van der Waals surface area contributed by atoms with Crippen molar-refractivity contribution in [1.82, 2.24) is 0 Å². The topological polar surface area (TPSA) is 105 Å². The fraction of sp³-hybridized carbons (Fsp3) is 0.176. The van der Waals surface area contributed by atoms with E-state index in [1.54, 1.807) is 30.3 Å². The number of nitro groups is 1. The highest BCUT2D eigenvalue weighted by molar-refractivity contribution is 6.00.